The summed E-state index contributed by atoms with van der Waals surface area (Å²) in [5.74, 6) is 0.709. The summed E-state index contributed by atoms with van der Waals surface area (Å²) in [6.07, 6.45) is 1.65. The van der Waals surface area contributed by atoms with Crippen LogP contribution in [-0.4, -0.2) is 39.6 Å². The van der Waals surface area contributed by atoms with E-state index >= 15 is 0 Å². The van der Waals surface area contributed by atoms with Crippen LogP contribution in [-0.2, 0) is 4.84 Å². The van der Waals surface area contributed by atoms with Crippen molar-refractivity contribution in [3.05, 3.63) is 46.0 Å². The van der Waals surface area contributed by atoms with Crippen molar-refractivity contribution < 1.29 is 9.23 Å². The summed E-state index contributed by atoms with van der Waals surface area (Å²) in [6.45, 7) is 9.56. The third-order valence-electron chi connectivity index (χ3n) is 5.35. The lowest BCUT2D eigenvalue weighted by Gasteiger charge is -2.30. The first kappa shape index (κ1) is 21.6. The molecule has 164 valence electrons. The van der Waals surface area contributed by atoms with Crippen LogP contribution >= 0.6 is 23.2 Å². The molecular weight excluding hydrogens is 442 g/mol. The molecule has 0 spiro atoms. The number of oxime groups is 1. The molecule has 0 fully saturated rings. The highest BCUT2D eigenvalue weighted by Crippen LogP contribution is 2.40. The second-order valence-electron chi connectivity index (χ2n) is 8.48. The molecule has 3 aromatic rings. The van der Waals surface area contributed by atoms with Crippen molar-refractivity contribution in [1.29, 1.82) is 0 Å². The SMILES string of the molecule is C[C@@H](Nc1c(-c2ccc(F)cc2Cl)c(Cl)nc2c(C3=NOCCN3)cnn12)C(C)(C)C. The Morgan fingerprint density at radius 3 is 2.68 bits per heavy atom. The predicted molar refractivity (Wildman–Crippen MR) is 121 cm³/mol. The van der Waals surface area contributed by atoms with Crippen molar-refractivity contribution in [2.24, 2.45) is 10.6 Å². The number of hydrogen-bond acceptors (Lipinski definition) is 6. The van der Waals surface area contributed by atoms with Gasteiger partial charge in [-0.15, -0.1) is 0 Å². The first-order valence-electron chi connectivity index (χ1n) is 9.90. The number of fused-ring (bicyclic) bond motifs is 1. The molecule has 0 radical (unpaired) electrons. The molecule has 0 unspecified atom stereocenters. The van der Waals surface area contributed by atoms with Crippen molar-refractivity contribution in [3.63, 3.8) is 0 Å². The molecule has 10 heteroatoms. The molecular formula is C21H23Cl2FN6O. The molecule has 1 aliphatic heterocycles. The van der Waals surface area contributed by atoms with Gasteiger partial charge in [0.15, 0.2) is 11.5 Å². The van der Waals surface area contributed by atoms with Crippen molar-refractivity contribution in [3.8, 4) is 11.1 Å². The summed E-state index contributed by atoms with van der Waals surface area (Å²) in [5, 5.41) is 15.8. The van der Waals surface area contributed by atoms with Crippen LogP contribution in [0.15, 0.2) is 29.6 Å². The second-order valence-corrected chi connectivity index (χ2v) is 9.24. The van der Waals surface area contributed by atoms with Gasteiger partial charge in [0.05, 0.1) is 28.9 Å². The van der Waals surface area contributed by atoms with E-state index in [1.165, 1.54) is 12.1 Å². The van der Waals surface area contributed by atoms with Gasteiger partial charge in [0.25, 0.3) is 0 Å². The van der Waals surface area contributed by atoms with Gasteiger partial charge in [-0.3, -0.25) is 0 Å². The molecule has 1 atom stereocenters. The van der Waals surface area contributed by atoms with Gasteiger partial charge >= 0.3 is 0 Å². The highest BCUT2D eigenvalue weighted by molar-refractivity contribution is 6.36. The number of nitrogens with zero attached hydrogens (tertiary/aromatic N) is 4. The van der Waals surface area contributed by atoms with E-state index in [1.807, 2.05) is 0 Å². The number of hydrogen-bond donors (Lipinski definition) is 2. The summed E-state index contributed by atoms with van der Waals surface area (Å²) in [4.78, 5) is 9.78. The normalized spacial score (nSPS) is 15.3. The molecule has 2 N–H and O–H groups in total. The Bertz CT molecular complexity index is 1170. The molecule has 0 bridgehead atoms. The zero-order chi connectivity index (χ0) is 22.3. The van der Waals surface area contributed by atoms with Crippen molar-refractivity contribution in [1.82, 2.24) is 19.9 Å². The van der Waals surface area contributed by atoms with Gasteiger partial charge in [-0.1, -0.05) is 49.1 Å². The van der Waals surface area contributed by atoms with E-state index in [9.17, 15) is 4.39 Å². The number of benzene rings is 1. The Balaban J connectivity index is 1.97. The molecule has 0 aliphatic carbocycles. The van der Waals surface area contributed by atoms with Crippen LogP contribution in [0.2, 0.25) is 10.2 Å². The van der Waals surface area contributed by atoms with Gasteiger partial charge in [-0.25, -0.2) is 9.37 Å². The number of rotatable bonds is 4. The topological polar surface area (TPSA) is 75.8 Å². The zero-order valence-electron chi connectivity index (χ0n) is 17.6. The van der Waals surface area contributed by atoms with Gasteiger partial charge in [0.2, 0.25) is 0 Å². The van der Waals surface area contributed by atoms with Crippen LogP contribution in [0.1, 0.15) is 33.3 Å². The zero-order valence-corrected chi connectivity index (χ0v) is 19.1. The quantitative estimate of drug-likeness (QED) is 0.533. The predicted octanol–water partition coefficient (Wildman–Crippen LogP) is 4.97. The Kier molecular flexibility index (Phi) is 5.70. The van der Waals surface area contributed by atoms with Crippen LogP contribution in [0, 0.1) is 11.2 Å². The van der Waals surface area contributed by atoms with Crippen LogP contribution in [0.25, 0.3) is 16.8 Å². The maximum atomic E-state index is 13.7. The summed E-state index contributed by atoms with van der Waals surface area (Å²) in [7, 11) is 0. The fourth-order valence-corrected chi connectivity index (χ4v) is 3.65. The first-order chi connectivity index (χ1) is 14.7. The fourth-order valence-electron chi connectivity index (χ4n) is 3.12. The number of amidine groups is 1. The molecule has 0 saturated heterocycles. The van der Waals surface area contributed by atoms with Crippen molar-refractivity contribution in [2.45, 2.75) is 33.7 Å². The Morgan fingerprint density at radius 1 is 1.26 bits per heavy atom. The van der Waals surface area contributed by atoms with Crippen molar-refractivity contribution >= 4 is 40.5 Å². The molecule has 3 heterocycles. The van der Waals surface area contributed by atoms with E-state index in [0.29, 0.717) is 47.1 Å². The number of halogens is 3. The maximum Gasteiger partial charge on any atom is 0.178 e. The van der Waals surface area contributed by atoms with Gasteiger partial charge in [0.1, 0.15) is 23.4 Å². The number of aromatic nitrogens is 3. The van der Waals surface area contributed by atoms with Gasteiger partial charge in [0, 0.05) is 11.6 Å². The van der Waals surface area contributed by atoms with E-state index in [0.717, 1.165) is 0 Å². The van der Waals surface area contributed by atoms with Gasteiger partial charge in [-0.2, -0.15) is 9.61 Å². The third kappa shape index (κ3) is 4.14. The third-order valence-corrected chi connectivity index (χ3v) is 5.94. The van der Waals surface area contributed by atoms with Crippen LogP contribution in [0.5, 0.6) is 0 Å². The minimum atomic E-state index is -0.431. The summed E-state index contributed by atoms with van der Waals surface area (Å²) in [5.41, 5.74) is 2.20. The molecule has 1 aromatic carbocycles. The lowest BCUT2D eigenvalue weighted by Crippen LogP contribution is -2.32. The van der Waals surface area contributed by atoms with E-state index in [2.05, 4.69) is 53.6 Å². The lowest BCUT2D eigenvalue weighted by molar-refractivity contribution is 0.136. The monoisotopic (exact) mass is 464 g/mol. The van der Waals surface area contributed by atoms with E-state index in [-0.39, 0.29) is 21.6 Å². The Hall–Kier alpha value is -2.58. The summed E-state index contributed by atoms with van der Waals surface area (Å²) in [6, 6.07) is 4.21. The van der Waals surface area contributed by atoms with Crippen LogP contribution < -0.4 is 10.6 Å². The Labute approximate surface area is 189 Å². The van der Waals surface area contributed by atoms with E-state index in [1.54, 1.807) is 16.8 Å². The van der Waals surface area contributed by atoms with E-state index in [4.69, 9.17) is 28.0 Å². The highest BCUT2D eigenvalue weighted by atomic mass is 35.5. The smallest absolute Gasteiger partial charge is 0.178 e. The molecule has 2 aromatic heterocycles. The molecule has 31 heavy (non-hydrogen) atoms. The van der Waals surface area contributed by atoms with Crippen LogP contribution in [0.4, 0.5) is 10.2 Å². The maximum absolute atomic E-state index is 13.7. The lowest BCUT2D eigenvalue weighted by atomic mass is 9.88. The van der Waals surface area contributed by atoms with Crippen LogP contribution in [0.3, 0.4) is 0 Å². The summed E-state index contributed by atoms with van der Waals surface area (Å²) >= 11 is 13.1. The second kappa shape index (κ2) is 8.16. The van der Waals surface area contributed by atoms with E-state index < -0.39 is 5.82 Å². The largest absolute Gasteiger partial charge is 0.392 e. The molecule has 7 nitrogen and oxygen atoms in total. The minimum Gasteiger partial charge on any atom is -0.392 e. The first-order valence-corrected chi connectivity index (χ1v) is 10.7. The van der Waals surface area contributed by atoms with Crippen molar-refractivity contribution in [2.75, 3.05) is 18.5 Å². The summed E-state index contributed by atoms with van der Waals surface area (Å²) < 4.78 is 15.4. The number of anilines is 1. The number of nitrogens with one attached hydrogen (secondary N) is 2. The molecule has 1 aliphatic rings. The molecule has 4 rings (SSSR count). The average Bonchev–Trinajstić information content (AvgIpc) is 3.12. The highest BCUT2D eigenvalue weighted by Gasteiger charge is 2.27. The Morgan fingerprint density at radius 2 is 2.03 bits per heavy atom. The fraction of sp³-hybridized carbons (Fsp3) is 0.381. The molecule has 0 saturated carbocycles. The van der Waals surface area contributed by atoms with Gasteiger partial charge in [-0.05, 0) is 30.5 Å². The molecule has 0 amide bonds. The minimum absolute atomic E-state index is 0.0354. The standard InChI is InChI=1S/C21H23Cl2FN6O/c1-11(21(2,3)4)27-20-16(13-6-5-12(24)9-15(13)22)17(23)28-19-14(10-26-30(19)20)18-25-7-8-31-29-18/h5-6,9-11,27H,7-8H2,1-4H3,(H,25,29)/t11-/m1/s1. The van der Waals surface area contributed by atoms with Gasteiger partial charge < -0.3 is 15.5 Å². The average molecular weight is 465 g/mol.